The molecule has 0 aromatic heterocycles. The highest BCUT2D eigenvalue weighted by molar-refractivity contribution is 5.85. The number of ether oxygens (including phenoxy) is 7. The second-order valence-corrected chi connectivity index (χ2v) is 7.77. The van der Waals surface area contributed by atoms with Gasteiger partial charge in [0.15, 0.2) is 23.7 Å². The summed E-state index contributed by atoms with van der Waals surface area (Å²) in [6, 6.07) is 4.47. The van der Waals surface area contributed by atoms with Crippen molar-refractivity contribution in [2.45, 2.75) is 58.4 Å². The lowest BCUT2D eigenvalue weighted by molar-refractivity contribution is -0.288. The number of methoxy groups -OCH3 is 1. The van der Waals surface area contributed by atoms with Gasteiger partial charge in [0.05, 0.1) is 7.11 Å². The molecule has 2 rings (SSSR count). The van der Waals surface area contributed by atoms with Gasteiger partial charge in [0.1, 0.15) is 12.7 Å². The zero-order valence-corrected chi connectivity index (χ0v) is 20.8. The monoisotopic (exact) mass is 526 g/mol. The van der Waals surface area contributed by atoms with Gasteiger partial charge < -0.3 is 38.3 Å². The molecule has 0 amide bonds. The first kappa shape index (κ1) is 29.1. The minimum atomic E-state index is -1.45. The number of rotatable bonds is 10. The summed E-state index contributed by atoms with van der Waals surface area (Å²) in [7, 11) is 1.35. The fraction of sp³-hybridized carbons (Fsp3) is 0.458. The topological polar surface area (TPSA) is 170 Å². The fourth-order valence-corrected chi connectivity index (χ4v) is 3.46. The Morgan fingerprint density at radius 3 is 2.00 bits per heavy atom. The number of esters is 4. The average Bonchev–Trinajstić information content (AvgIpc) is 2.79. The van der Waals surface area contributed by atoms with Crippen LogP contribution in [0.5, 0.6) is 11.5 Å². The van der Waals surface area contributed by atoms with Gasteiger partial charge in [-0.25, -0.2) is 4.79 Å². The van der Waals surface area contributed by atoms with Gasteiger partial charge >= 0.3 is 29.8 Å². The molecule has 13 nitrogen and oxygen atoms in total. The van der Waals surface area contributed by atoms with Crippen LogP contribution in [-0.4, -0.2) is 79.4 Å². The minimum Gasteiger partial charge on any atom is -0.493 e. The van der Waals surface area contributed by atoms with Crippen LogP contribution in [0.4, 0.5) is 0 Å². The molecule has 1 aliphatic heterocycles. The van der Waals surface area contributed by atoms with Crippen molar-refractivity contribution >= 4 is 35.9 Å². The number of carbonyl (C=O) groups is 5. The van der Waals surface area contributed by atoms with Gasteiger partial charge in [-0.1, -0.05) is 6.07 Å². The molecular formula is C24H28O13. The maximum atomic E-state index is 11.9. The first-order valence-corrected chi connectivity index (χ1v) is 11.0. The van der Waals surface area contributed by atoms with Crippen molar-refractivity contribution in [3.63, 3.8) is 0 Å². The Balaban J connectivity index is 2.50. The predicted octanol–water partition coefficient (Wildman–Crippen LogP) is 1.25. The number of carboxylic acid groups (broad SMARTS) is 1. The molecule has 0 unspecified atom stereocenters. The maximum Gasteiger partial charge on any atom is 0.328 e. The van der Waals surface area contributed by atoms with E-state index in [1.807, 2.05) is 0 Å². The number of benzene rings is 1. The Hall–Kier alpha value is -4.13. The Labute approximate surface area is 212 Å². The van der Waals surface area contributed by atoms with Crippen molar-refractivity contribution in [3.05, 3.63) is 29.8 Å². The van der Waals surface area contributed by atoms with Crippen LogP contribution in [0.3, 0.4) is 0 Å². The number of hydrogen-bond donors (Lipinski definition) is 1. The largest absolute Gasteiger partial charge is 0.493 e. The van der Waals surface area contributed by atoms with Crippen LogP contribution in [0.1, 0.15) is 33.3 Å². The number of hydrogen-bond acceptors (Lipinski definition) is 12. The van der Waals surface area contributed by atoms with Gasteiger partial charge in [0.2, 0.25) is 12.4 Å². The van der Waals surface area contributed by atoms with Crippen molar-refractivity contribution in [2.24, 2.45) is 0 Å². The van der Waals surface area contributed by atoms with Crippen LogP contribution in [0.15, 0.2) is 24.3 Å². The second kappa shape index (κ2) is 13.3. The van der Waals surface area contributed by atoms with E-state index in [1.54, 1.807) is 0 Å². The third-order valence-corrected chi connectivity index (χ3v) is 4.80. The molecule has 0 radical (unpaired) electrons. The Kier molecular flexibility index (Phi) is 10.4. The molecule has 1 N–H and O–H groups in total. The van der Waals surface area contributed by atoms with Crippen molar-refractivity contribution in [2.75, 3.05) is 13.7 Å². The zero-order valence-electron chi connectivity index (χ0n) is 20.8. The molecule has 0 saturated carbocycles. The summed E-state index contributed by atoms with van der Waals surface area (Å²) in [6.07, 6.45) is -4.50. The van der Waals surface area contributed by atoms with Crippen molar-refractivity contribution < 1.29 is 62.2 Å². The SMILES string of the molecule is COc1cc(/C=[13CH]\[13C](=O)O)ccc1O[C@@H]1O[C@H](COC(C)=O)[C@@H](OC(C)=O)[C@H](OC(C)=O)[C@H]1OC(C)=O. The molecule has 1 aromatic carbocycles. The van der Waals surface area contributed by atoms with E-state index < -0.39 is 67.2 Å². The Bertz CT molecular complexity index is 1050. The van der Waals surface area contributed by atoms with Gasteiger partial charge in [-0.2, -0.15) is 0 Å². The molecule has 202 valence electrons. The van der Waals surface area contributed by atoms with Crippen LogP contribution in [-0.2, 0) is 47.7 Å². The van der Waals surface area contributed by atoms with Crippen LogP contribution >= 0.6 is 0 Å². The summed E-state index contributed by atoms with van der Waals surface area (Å²) in [5.41, 5.74) is 0.480. The van der Waals surface area contributed by atoms with Crippen LogP contribution in [0, 0.1) is 0 Å². The van der Waals surface area contributed by atoms with Crippen LogP contribution in [0.25, 0.3) is 6.08 Å². The van der Waals surface area contributed by atoms with E-state index >= 15 is 0 Å². The van der Waals surface area contributed by atoms with Crippen molar-refractivity contribution in [1.82, 2.24) is 0 Å². The lowest BCUT2D eigenvalue weighted by Crippen LogP contribution is -2.63. The number of carboxylic acids is 1. The quantitative estimate of drug-likeness (QED) is 0.200. The fourth-order valence-electron chi connectivity index (χ4n) is 3.46. The molecule has 1 fully saturated rings. The van der Waals surface area contributed by atoms with E-state index in [2.05, 4.69) is 0 Å². The molecule has 13 heteroatoms. The molecule has 37 heavy (non-hydrogen) atoms. The van der Waals surface area contributed by atoms with Gasteiger partial charge in [0.25, 0.3) is 0 Å². The Morgan fingerprint density at radius 2 is 1.46 bits per heavy atom. The first-order valence-electron chi connectivity index (χ1n) is 11.0. The molecule has 0 bridgehead atoms. The van der Waals surface area contributed by atoms with Crippen molar-refractivity contribution in [1.29, 1.82) is 0 Å². The minimum absolute atomic E-state index is 0.0934. The van der Waals surface area contributed by atoms with Crippen molar-refractivity contribution in [3.8, 4) is 11.5 Å². The molecule has 0 spiro atoms. The lowest BCUT2D eigenvalue weighted by atomic mass is 9.98. The molecule has 1 aliphatic rings. The third kappa shape index (κ3) is 8.79. The van der Waals surface area contributed by atoms with Crippen LogP contribution < -0.4 is 9.47 Å². The summed E-state index contributed by atoms with van der Waals surface area (Å²) in [4.78, 5) is 57.9. The van der Waals surface area contributed by atoms with E-state index in [9.17, 15) is 24.0 Å². The Morgan fingerprint density at radius 1 is 0.865 bits per heavy atom. The average molecular weight is 526 g/mol. The van der Waals surface area contributed by atoms with E-state index in [0.29, 0.717) is 5.56 Å². The summed E-state index contributed by atoms with van der Waals surface area (Å²) >= 11 is 0. The first-order chi connectivity index (χ1) is 17.4. The summed E-state index contributed by atoms with van der Waals surface area (Å²) < 4.78 is 38.2. The van der Waals surface area contributed by atoms with Gasteiger partial charge in [0, 0.05) is 33.8 Å². The third-order valence-electron chi connectivity index (χ3n) is 4.80. The molecule has 5 atom stereocenters. The number of carbonyl (C=O) groups excluding carboxylic acids is 4. The van der Waals surface area contributed by atoms with E-state index in [-0.39, 0.29) is 11.5 Å². The van der Waals surface area contributed by atoms with E-state index in [1.165, 1.54) is 31.4 Å². The van der Waals surface area contributed by atoms with Gasteiger partial charge in [-0.05, 0) is 23.8 Å². The highest BCUT2D eigenvalue weighted by Gasteiger charge is 2.53. The maximum absolute atomic E-state index is 11.9. The summed E-state index contributed by atoms with van der Waals surface area (Å²) in [6.45, 7) is 4.08. The summed E-state index contributed by atoms with van der Waals surface area (Å²) in [5.74, 6) is -3.85. The highest BCUT2D eigenvalue weighted by atomic mass is 16.7. The normalized spacial score (nSPS) is 23.0. The van der Waals surface area contributed by atoms with Gasteiger partial charge in [-0.3, -0.25) is 19.2 Å². The smallest absolute Gasteiger partial charge is 0.328 e. The van der Waals surface area contributed by atoms with E-state index in [4.69, 9.17) is 38.3 Å². The molecule has 0 aliphatic carbocycles. The second-order valence-electron chi connectivity index (χ2n) is 7.77. The predicted molar refractivity (Wildman–Crippen MR) is 122 cm³/mol. The highest BCUT2D eigenvalue weighted by Crippen LogP contribution is 2.35. The lowest BCUT2D eigenvalue weighted by Gasteiger charge is -2.44. The summed E-state index contributed by atoms with van der Waals surface area (Å²) in [5, 5.41) is 8.84. The van der Waals surface area contributed by atoms with Gasteiger partial charge in [-0.15, -0.1) is 0 Å². The molecule has 1 aromatic rings. The standard InChI is InChI=1S/C24H28O13/c1-12(25)32-11-19-21(33-13(2)26)22(34-14(3)27)23(35-15(4)28)24(37-19)36-17-8-6-16(7-9-20(29)30)10-18(17)31-5/h6-10,19,21-24H,11H2,1-5H3,(H,29,30)/b9-7-/t19-,21-,22+,23-,24-/m1/s1/i9+1,20+1. The zero-order chi connectivity index (χ0) is 27.7. The van der Waals surface area contributed by atoms with Crippen LogP contribution in [0.2, 0.25) is 0 Å². The molecule has 1 heterocycles. The number of aliphatic carboxylic acids is 1. The molecular weight excluding hydrogens is 498 g/mol. The van der Waals surface area contributed by atoms with E-state index in [0.717, 1.165) is 33.8 Å². The molecule has 1 saturated heterocycles.